The molecule has 1 heterocycles. The molecule has 2 N–H and O–H groups in total. The third kappa shape index (κ3) is 5.30. The van der Waals surface area contributed by atoms with Crippen molar-refractivity contribution in [3.63, 3.8) is 0 Å². The zero-order chi connectivity index (χ0) is 17.6. The van der Waals surface area contributed by atoms with Crippen LogP contribution < -0.4 is 15.4 Å². The van der Waals surface area contributed by atoms with Crippen LogP contribution in [0.3, 0.4) is 0 Å². The fourth-order valence-corrected chi connectivity index (χ4v) is 2.49. The first-order valence-electron chi connectivity index (χ1n) is 7.86. The molecule has 2 amide bonds. The minimum Gasteiger partial charge on any atom is -0.493 e. The molecule has 0 saturated carbocycles. The normalized spacial score (nSPS) is 18.1. The molecule has 0 unspecified atom stereocenters. The van der Waals surface area contributed by atoms with Crippen molar-refractivity contribution in [2.24, 2.45) is 5.92 Å². The minimum absolute atomic E-state index is 0.0585. The molecule has 5 nitrogen and oxygen atoms in total. The number of hydrogen-bond acceptors (Lipinski definition) is 3. The topological polar surface area (TPSA) is 59.6 Å². The maximum atomic E-state index is 13.1. The van der Waals surface area contributed by atoms with E-state index >= 15 is 0 Å². The van der Waals surface area contributed by atoms with Crippen LogP contribution >= 0.6 is 0 Å². The van der Waals surface area contributed by atoms with Gasteiger partial charge in [0.15, 0.2) is 0 Å². The number of benzene rings is 1. The summed E-state index contributed by atoms with van der Waals surface area (Å²) in [5.74, 6) is -0.0223. The zero-order valence-corrected chi connectivity index (χ0v) is 13.4. The third-order valence-electron chi connectivity index (χ3n) is 3.65. The van der Waals surface area contributed by atoms with Gasteiger partial charge in [-0.2, -0.15) is 13.2 Å². The summed E-state index contributed by atoms with van der Waals surface area (Å²) >= 11 is 0. The number of anilines is 1. The summed E-state index contributed by atoms with van der Waals surface area (Å²) in [5, 5.41) is 5.07. The smallest absolute Gasteiger partial charge is 0.420 e. The Morgan fingerprint density at radius 2 is 2.21 bits per heavy atom. The lowest BCUT2D eigenvalue weighted by atomic mass is 10.0. The van der Waals surface area contributed by atoms with Gasteiger partial charge >= 0.3 is 12.2 Å². The maximum absolute atomic E-state index is 13.1. The molecule has 0 bridgehead atoms. The number of halogens is 3. The van der Waals surface area contributed by atoms with Gasteiger partial charge in [-0.1, -0.05) is 0 Å². The van der Waals surface area contributed by atoms with Gasteiger partial charge in [-0.3, -0.25) is 0 Å². The number of amides is 2. The lowest BCUT2D eigenvalue weighted by molar-refractivity contribution is -0.138. The Morgan fingerprint density at radius 1 is 1.42 bits per heavy atom. The van der Waals surface area contributed by atoms with E-state index in [9.17, 15) is 18.0 Å². The van der Waals surface area contributed by atoms with E-state index in [0.717, 1.165) is 25.5 Å². The molecule has 1 fully saturated rings. The van der Waals surface area contributed by atoms with E-state index in [1.807, 2.05) is 0 Å². The Hall–Kier alpha value is -1.96. The van der Waals surface area contributed by atoms with E-state index in [2.05, 4.69) is 10.6 Å². The average Bonchev–Trinajstić information content (AvgIpc) is 2.54. The molecule has 2 rings (SSSR count). The molecule has 1 aliphatic heterocycles. The first kappa shape index (κ1) is 18.4. The standard InChI is InChI=1S/C16H21F3N2O3/c1-2-24-14-6-5-12(8-13(14)16(17,18)19)21-15(22)20-9-11-4-3-7-23-10-11/h5-6,8,11H,2-4,7,9-10H2,1H3,(H2,20,21,22)/t11-/m0/s1. The van der Waals surface area contributed by atoms with Crippen molar-refractivity contribution in [3.05, 3.63) is 23.8 Å². The second-order valence-electron chi connectivity index (χ2n) is 5.56. The first-order chi connectivity index (χ1) is 11.4. The van der Waals surface area contributed by atoms with Crippen molar-refractivity contribution in [2.45, 2.75) is 25.9 Å². The number of nitrogens with one attached hydrogen (secondary N) is 2. The number of carbonyl (C=O) groups excluding carboxylic acids is 1. The molecular weight excluding hydrogens is 325 g/mol. The van der Waals surface area contributed by atoms with Gasteiger partial charge in [0.1, 0.15) is 5.75 Å². The number of alkyl halides is 3. The second kappa shape index (κ2) is 8.23. The van der Waals surface area contributed by atoms with Crippen molar-refractivity contribution in [3.8, 4) is 5.75 Å². The van der Waals surface area contributed by atoms with E-state index in [4.69, 9.17) is 9.47 Å². The zero-order valence-electron chi connectivity index (χ0n) is 13.4. The molecule has 0 aliphatic carbocycles. The molecule has 1 aromatic rings. The highest BCUT2D eigenvalue weighted by molar-refractivity contribution is 5.89. The summed E-state index contributed by atoms with van der Waals surface area (Å²) in [6.45, 7) is 3.47. The van der Waals surface area contributed by atoms with Crippen LogP contribution in [0.25, 0.3) is 0 Å². The van der Waals surface area contributed by atoms with Crippen LogP contribution in [0.1, 0.15) is 25.3 Å². The van der Waals surface area contributed by atoms with Crippen molar-refractivity contribution in [1.29, 1.82) is 0 Å². The molecule has 0 spiro atoms. The van der Waals surface area contributed by atoms with Gasteiger partial charge in [-0.25, -0.2) is 4.79 Å². The largest absolute Gasteiger partial charge is 0.493 e. The lowest BCUT2D eigenvalue weighted by Crippen LogP contribution is -2.35. The van der Waals surface area contributed by atoms with Crippen LogP contribution in [-0.4, -0.2) is 32.4 Å². The Labute approximate surface area is 138 Å². The van der Waals surface area contributed by atoms with E-state index in [0.29, 0.717) is 13.2 Å². The van der Waals surface area contributed by atoms with Gasteiger partial charge in [0.2, 0.25) is 0 Å². The van der Waals surface area contributed by atoms with Crippen molar-refractivity contribution >= 4 is 11.7 Å². The highest BCUT2D eigenvalue weighted by atomic mass is 19.4. The third-order valence-corrected chi connectivity index (χ3v) is 3.65. The summed E-state index contributed by atoms with van der Waals surface area (Å²) in [6, 6.07) is 2.91. The summed E-state index contributed by atoms with van der Waals surface area (Å²) in [6.07, 6.45) is -2.65. The number of rotatable bonds is 5. The van der Waals surface area contributed by atoms with Crippen LogP contribution in [0.2, 0.25) is 0 Å². The average molecular weight is 346 g/mol. The van der Waals surface area contributed by atoms with Crippen LogP contribution in [-0.2, 0) is 10.9 Å². The Kier molecular flexibility index (Phi) is 6.30. The quantitative estimate of drug-likeness (QED) is 0.855. The second-order valence-corrected chi connectivity index (χ2v) is 5.56. The Bertz CT molecular complexity index is 558. The predicted octanol–water partition coefficient (Wildman–Crippen LogP) is 3.65. The van der Waals surface area contributed by atoms with Crippen LogP contribution in [0.5, 0.6) is 5.75 Å². The monoisotopic (exact) mass is 346 g/mol. The van der Waals surface area contributed by atoms with E-state index in [-0.39, 0.29) is 24.0 Å². The number of hydrogen-bond donors (Lipinski definition) is 2. The summed E-state index contributed by atoms with van der Waals surface area (Å²) in [7, 11) is 0. The van der Waals surface area contributed by atoms with Crippen LogP contribution in [0, 0.1) is 5.92 Å². The Balaban J connectivity index is 1.97. The highest BCUT2D eigenvalue weighted by Gasteiger charge is 2.34. The first-order valence-corrected chi connectivity index (χ1v) is 7.86. The van der Waals surface area contributed by atoms with Gasteiger partial charge in [0.05, 0.1) is 18.8 Å². The predicted molar refractivity (Wildman–Crippen MR) is 83.2 cm³/mol. The van der Waals surface area contributed by atoms with Crippen LogP contribution in [0.4, 0.5) is 23.7 Å². The van der Waals surface area contributed by atoms with Crippen molar-refractivity contribution in [2.75, 3.05) is 31.7 Å². The van der Waals surface area contributed by atoms with E-state index in [1.54, 1.807) is 6.92 Å². The molecule has 1 saturated heterocycles. The number of carbonyl (C=O) groups is 1. The molecule has 1 aliphatic rings. The molecular formula is C16H21F3N2O3. The number of urea groups is 1. The van der Waals surface area contributed by atoms with Crippen LogP contribution in [0.15, 0.2) is 18.2 Å². The number of ether oxygens (including phenoxy) is 2. The molecule has 24 heavy (non-hydrogen) atoms. The maximum Gasteiger partial charge on any atom is 0.420 e. The van der Waals surface area contributed by atoms with E-state index < -0.39 is 17.8 Å². The van der Waals surface area contributed by atoms with Gasteiger partial charge < -0.3 is 20.1 Å². The molecule has 0 radical (unpaired) electrons. The van der Waals surface area contributed by atoms with Crippen molar-refractivity contribution < 1.29 is 27.4 Å². The molecule has 8 heteroatoms. The fourth-order valence-electron chi connectivity index (χ4n) is 2.49. The fraction of sp³-hybridized carbons (Fsp3) is 0.562. The lowest BCUT2D eigenvalue weighted by Gasteiger charge is -2.22. The summed E-state index contributed by atoms with van der Waals surface area (Å²) in [5.41, 5.74) is -0.856. The summed E-state index contributed by atoms with van der Waals surface area (Å²) in [4.78, 5) is 11.9. The van der Waals surface area contributed by atoms with Gasteiger partial charge in [-0.15, -0.1) is 0 Å². The van der Waals surface area contributed by atoms with Crippen molar-refractivity contribution in [1.82, 2.24) is 5.32 Å². The molecule has 0 aromatic heterocycles. The highest BCUT2D eigenvalue weighted by Crippen LogP contribution is 2.37. The summed E-state index contributed by atoms with van der Waals surface area (Å²) < 4.78 is 49.5. The molecule has 134 valence electrons. The minimum atomic E-state index is -4.56. The van der Waals surface area contributed by atoms with E-state index in [1.165, 1.54) is 12.1 Å². The van der Waals surface area contributed by atoms with Gasteiger partial charge in [0.25, 0.3) is 0 Å². The molecule has 1 atom stereocenters. The molecule has 1 aromatic carbocycles. The van der Waals surface area contributed by atoms with Gasteiger partial charge in [-0.05, 0) is 43.9 Å². The Morgan fingerprint density at radius 3 is 2.83 bits per heavy atom. The van der Waals surface area contributed by atoms with Gasteiger partial charge in [0, 0.05) is 18.8 Å². The SMILES string of the molecule is CCOc1ccc(NC(=O)NC[C@@H]2CCCOC2)cc1C(F)(F)F.